The van der Waals surface area contributed by atoms with Crippen molar-refractivity contribution in [2.75, 3.05) is 23.3 Å². The molecule has 1 N–H and O–H groups in total. The van der Waals surface area contributed by atoms with Gasteiger partial charge in [0.25, 0.3) is 10.0 Å². The fraction of sp³-hybridized carbons (Fsp3) is 0.136. The number of nitrogens with one attached hydrogen (secondary N) is 1. The molecular weight excluding hydrogens is 551 g/mol. The van der Waals surface area contributed by atoms with E-state index in [1.165, 1.54) is 25.3 Å². The molecule has 9 heteroatoms. The van der Waals surface area contributed by atoms with Gasteiger partial charge in [-0.2, -0.15) is 0 Å². The number of hydrogen-bond acceptors (Lipinski definition) is 4. The van der Waals surface area contributed by atoms with Crippen LogP contribution in [0.25, 0.3) is 0 Å². The maximum absolute atomic E-state index is 13.4. The molecule has 0 bridgehead atoms. The molecule has 0 aromatic heterocycles. The van der Waals surface area contributed by atoms with Gasteiger partial charge in [-0.15, -0.1) is 0 Å². The number of rotatable bonds is 7. The summed E-state index contributed by atoms with van der Waals surface area (Å²) in [5.41, 5.74) is 1.75. The van der Waals surface area contributed by atoms with E-state index in [1.54, 1.807) is 36.4 Å². The van der Waals surface area contributed by atoms with E-state index in [0.29, 0.717) is 11.4 Å². The molecule has 0 aliphatic heterocycles. The van der Waals surface area contributed by atoms with Crippen molar-refractivity contribution in [3.05, 3.63) is 80.9 Å². The van der Waals surface area contributed by atoms with Gasteiger partial charge in [0.15, 0.2) is 0 Å². The SMILES string of the molecule is COc1ccc(N(CC(=O)Nc2ccc(I)cc2C)S(=O)(=O)c2ccccc2)cc1Cl. The Balaban J connectivity index is 1.97. The average Bonchev–Trinajstić information content (AvgIpc) is 2.74. The topological polar surface area (TPSA) is 75.7 Å². The van der Waals surface area contributed by atoms with E-state index in [4.69, 9.17) is 16.3 Å². The number of sulfonamides is 1. The molecule has 0 unspecified atom stereocenters. The van der Waals surface area contributed by atoms with Crippen LogP contribution in [0, 0.1) is 10.5 Å². The van der Waals surface area contributed by atoms with Crippen molar-refractivity contribution in [3.63, 3.8) is 0 Å². The number of anilines is 2. The molecule has 0 spiro atoms. The second-order valence-electron chi connectivity index (χ2n) is 6.65. The molecule has 0 aliphatic rings. The van der Waals surface area contributed by atoms with E-state index in [-0.39, 0.29) is 15.6 Å². The predicted molar refractivity (Wildman–Crippen MR) is 132 cm³/mol. The van der Waals surface area contributed by atoms with Crippen molar-refractivity contribution in [2.24, 2.45) is 0 Å². The van der Waals surface area contributed by atoms with Crippen molar-refractivity contribution in [3.8, 4) is 5.75 Å². The van der Waals surface area contributed by atoms with Crippen molar-refractivity contribution in [1.29, 1.82) is 0 Å². The second kappa shape index (κ2) is 9.88. The molecule has 3 aromatic rings. The Hall–Kier alpha value is -2.30. The van der Waals surface area contributed by atoms with Crippen molar-refractivity contribution in [1.82, 2.24) is 0 Å². The van der Waals surface area contributed by atoms with E-state index in [2.05, 4.69) is 27.9 Å². The number of benzene rings is 3. The van der Waals surface area contributed by atoms with Crippen LogP contribution >= 0.6 is 34.2 Å². The number of aryl methyl sites for hydroxylation is 1. The molecule has 3 rings (SSSR count). The summed E-state index contributed by atoms with van der Waals surface area (Å²) >= 11 is 8.41. The lowest BCUT2D eigenvalue weighted by Crippen LogP contribution is -2.38. The van der Waals surface area contributed by atoms with Crippen LogP contribution in [-0.2, 0) is 14.8 Å². The van der Waals surface area contributed by atoms with Crippen molar-refractivity contribution >= 4 is 61.5 Å². The third kappa shape index (κ3) is 5.50. The average molecular weight is 571 g/mol. The molecule has 0 heterocycles. The van der Waals surface area contributed by atoms with Gasteiger partial charge in [-0.3, -0.25) is 9.10 Å². The summed E-state index contributed by atoms with van der Waals surface area (Å²) in [6.07, 6.45) is 0. The Morgan fingerprint density at radius 2 is 1.81 bits per heavy atom. The van der Waals surface area contributed by atoms with Gasteiger partial charge in [-0.1, -0.05) is 29.8 Å². The zero-order valence-corrected chi connectivity index (χ0v) is 20.5. The highest BCUT2D eigenvalue weighted by Gasteiger charge is 2.28. The Kier molecular flexibility index (Phi) is 7.45. The van der Waals surface area contributed by atoms with Gasteiger partial charge in [0, 0.05) is 9.26 Å². The maximum atomic E-state index is 13.4. The molecule has 0 saturated carbocycles. The minimum atomic E-state index is -4.02. The third-order valence-electron chi connectivity index (χ3n) is 4.50. The molecule has 0 saturated heterocycles. The lowest BCUT2D eigenvalue weighted by Gasteiger charge is -2.25. The summed E-state index contributed by atoms with van der Waals surface area (Å²) in [5, 5.41) is 3.03. The summed E-state index contributed by atoms with van der Waals surface area (Å²) in [4.78, 5) is 12.9. The minimum absolute atomic E-state index is 0.0696. The molecule has 0 fully saturated rings. The number of halogens is 2. The number of carbonyl (C=O) groups excluding carboxylic acids is 1. The largest absolute Gasteiger partial charge is 0.495 e. The fourth-order valence-corrected chi connectivity index (χ4v) is 5.27. The van der Waals surface area contributed by atoms with Gasteiger partial charge < -0.3 is 10.1 Å². The molecule has 0 atom stereocenters. The zero-order valence-electron chi connectivity index (χ0n) is 16.8. The Morgan fingerprint density at radius 1 is 1.10 bits per heavy atom. The number of hydrogen-bond donors (Lipinski definition) is 1. The van der Waals surface area contributed by atoms with Crippen molar-refractivity contribution < 1.29 is 17.9 Å². The lowest BCUT2D eigenvalue weighted by atomic mass is 10.2. The summed E-state index contributed by atoms with van der Waals surface area (Å²) in [6.45, 7) is 1.45. The summed E-state index contributed by atoms with van der Waals surface area (Å²) in [5.74, 6) is -0.0720. The smallest absolute Gasteiger partial charge is 0.264 e. The number of ether oxygens (including phenoxy) is 1. The van der Waals surface area contributed by atoms with Crippen LogP contribution < -0.4 is 14.4 Å². The normalized spacial score (nSPS) is 11.1. The first-order chi connectivity index (χ1) is 14.7. The molecule has 31 heavy (non-hydrogen) atoms. The molecule has 0 aliphatic carbocycles. The van der Waals surface area contributed by atoms with Crippen LogP contribution in [-0.4, -0.2) is 28.0 Å². The van der Waals surface area contributed by atoms with Gasteiger partial charge in [0.2, 0.25) is 5.91 Å². The highest BCUT2D eigenvalue weighted by Crippen LogP contribution is 2.32. The van der Waals surface area contributed by atoms with Crippen molar-refractivity contribution in [2.45, 2.75) is 11.8 Å². The van der Waals surface area contributed by atoms with Gasteiger partial charge in [0.1, 0.15) is 12.3 Å². The third-order valence-corrected chi connectivity index (χ3v) is 7.26. The summed E-state index contributed by atoms with van der Waals surface area (Å²) < 4.78 is 34.0. The number of methoxy groups -OCH3 is 1. The standard InChI is InChI=1S/C22H20ClIN2O4S/c1-15-12-16(24)8-10-20(15)25-22(27)14-26(17-9-11-21(30-2)19(23)13-17)31(28,29)18-6-4-3-5-7-18/h3-13H,14H2,1-2H3,(H,25,27). The molecular formula is C22H20ClIN2O4S. The minimum Gasteiger partial charge on any atom is -0.495 e. The van der Waals surface area contributed by atoms with E-state index in [9.17, 15) is 13.2 Å². The Labute approximate surface area is 200 Å². The Bertz CT molecular complexity index is 1200. The van der Waals surface area contributed by atoms with Gasteiger partial charge in [0.05, 0.1) is 22.7 Å². The quantitative estimate of drug-likeness (QED) is 0.401. The van der Waals surface area contributed by atoms with Crippen LogP contribution in [0.5, 0.6) is 5.75 Å². The van der Waals surface area contributed by atoms with Crippen LogP contribution in [0.15, 0.2) is 71.6 Å². The van der Waals surface area contributed by atoms with Crippen LogP contribution in [0.3, 0.4) is 0 Å². The molecule has 1 amide bonds. The van der Waals surface area contributed by atoms with Gasteiger partial charge in [-0.25, -0.2) is 8.42 Å². The fourth-order valence-electron chi connectivity index (χ4n) is 2.93. The van der Waals surface area contributed by atoms with Crippen LogP contribution in [0.1, 0.15) is 5.56 Å². The zero-order chi connectivity index (χ0) is 22.6. The number of amides is 1. The predicted octanol–water partition coefficient (Wildman–Crippen LogP) is 5.10. The summed E-state index contributed by atoms with van der Waals surface area (Å²) in [6, 6.07) is 18.1. The first-order valence-corrected chi connectivity index (χ1v) is 12.1. The Morgan fingerprint density at radius 3 is 2.42 bits per heavy atom. The maximum Gasteiger partial charge on any atom is 0.264 e. The molecule has 0 radical (unpaired) electrons. The highest BCUT2D eigenvalue weighted by molar-refractivity contribution is 14.1. The van der Waals surface area contributed by atoms with E-state index in [0.717, 1.165) is 13.4 Å². The number of carbonyl (C=O) groups is 1. The monoisotopic (exact) mass is 570 g/mol. The van der Waals surface area contributed by atoms with Gasteiger partial charge in [-0.05, 0) is 83.6 Å². The van der Waals surface area contributed by atoms with E-state index in [1.807, 2.05) is 19.1 Å². The lowest BCUT2D eigenvalue weighted by molar-refractivity contribution is -0.114. The highest BCUT2D eigenvalue weighted by atomic mass is 127. The molecule has 6 nitrogen and oxygen atoms in total. The first kappa shape index (κ1) is 23.4. The van der Waals surface area contributed by atoms with Crippen LogP contribution in [0.2, 0.25) is 5.02 Å². The first-order valence-electron chi connectivity index (χ1n) is 9.19. The van der Waals surface area contributed by atoms with Gasteiger partial charge >= 0.3 is 0 Å². The molecule has 3 aromatic carbocycles. The van der Waals surface area contributed by atoms with E-state index >= 15 is 0 Å². The van der Waals surface area contributed by atoms with E-state index < -0.39 is 22.5 Å². The summed E-state index contributed by atoms with van der Waals surface area (Å²) in [7, 11) is -2.55. The van der Waals surface area contributed by atoms with Crippen LogP contribution in [0.4, 0.5) is 11.4 Å². The molecule has 162 valence electrons. The number of nitrogens with zero attached hydrogens (tertiary/aromatic N) is 1. The second-order valence-corrected chi connectivity index (χ2v) is 10.2.